The van der Waals surface area contributed by atoms with Crippen LogP contribution in [0.25, 0.3) is 0 Å². The van der Waals surface area contributed by atoms with Crippen molar-refractivity contribution < 1.29 is 18.1 Å². The van der Waals surface area contributed by atoms with Crippen molar-refractivity contribution in [2.75, 3.05) is 19.6 Å². The van der Waals surface area contributed by atoms with Crippen molar-refractivity contribution in [2.24, 2.45) is 13.0 Å². The Kier molecular flexibility index (Phi) is 8.12. The summed E-state index contributed by atoms with van der Waals surface area (Å²) in [6.07, 6.45) is 3.29. The predicted octanol–water partition coefficient (Wildman–Crippen LogP) is 2.79. The van der Waals surface area contributed by atoms with Crippen LogP contribution in [-0.2, 0) is 28.4 Å². The smallest absolute Gasteiger partial charge is 0.269 e. The molecule has 1 heterocycles. The molecule has 168 valence electrons. The number of aromatic nitrogens is 1. The molecule has 0 atom stereocenters. The molecule has 0 aliphatic carbocycles. The van der Waals surface area contributed by atoms with Crippen LogP contribution in [0.1, 0.15) is 19.5 Å². The zero-order chi connectivity index (χ0) is 23.2. The number of hydrogen-bond donors (Lipinski definition) is 0. The van der Waals surface area contributed by atoms with E-state index in [1.54, 1.807) is 4.90 Å². The van der Waals surface area contributed by atoms with Crippen molar-refractivity contribution in [3.8, 4) is 0 Å². The maximum Gasteiger partial charge on any atom is 0.269 e. The molecule has 0 radical (unpaired) electrons. The van der Waals surface area contributed by atoms with Gasteiger partial charge in [0.1, 0.15) is 0 Å². The number of nitro groups is 1. The highest BCUT2D eigenvalue weighted by Crippen LogP contribution is 2.20. The first-order chi connectivity index (χ1) is 14.6. The largest absolute Gasteiger partial charge is 0.353 e. The van der Waals surface area contributed by atoms with Gasteiger partial charge in [0.2, 0.25) is 15.9 Å². The quantitative estimate of drug-likeness (QED) is 0.299. The van der Waals surface area contributed by atoms with E-state index in [-0.39, 0.29) is 35.5 Å². The van der Waals surface area contributed by atoms with E-state index in [1.165, 1.54) is 18.2 Å². The summed E-state index contributed by atoms with van der Waals surface area (Å²) in [5, 5.41) is 10.8. The van der Waals surface area contributed by atoms with Crippen LogP contribution < -0.4 is 0 Å². The molecule has 0 fully saturated rings. The highest BCUT2D eigenvalue weighted by Gasteiger charge is 2.28. The van der Waals surface area contributed by atoms with Gasteiger partial charge in [-0.15, -0.1) is 6.58 Å². The van der Waals surface area contributed by atoms with Crippen molar-refractivity contribution in [1.82, 2.24) is 13.8 Å². The molecule has 0 saturated carbocycles. The summed E-state index contributed by atoms with van der Waals surface area (Å²) >= 11 is 0. The molecule has 0 bridgehead atoms. The SMILES string of the molecule is C=CCN(CC(=O)N(Cc1cccn1C)CC(C)C)S(=O)(=O)c1ccc([N+](=O)[O-])cc1. The van der Waals surface area contributed by atoms with Crippen molar-refractivity contribution in [3.05, 3.63) is 71.1 Å². The standard InChI is InChI=1S/C21H28N4O5S/c1-5-12-24(31(29,30)20-10-8-18(9-11-20)25(27)28)16-21(26)23(14-17(2)3)15-19-7-6-13-22(19)4/h5-11,13,17H,1,12,14-16H2,2-4H3. The topological polar surface area (TPSA) is 106 Å². The van der Waals surface area contributed by atoms with E-state index in [9.17, 15) is 23.3 Å². The number of nitrogens with zero attached hydrogens (tertiary/aromatic N) is 4. The third kappa shape index (κ3) is 6.25. The molecule has 31 heavy (non-hydrogen) atoms. The van der Waals surface area contributed by atoms with E-state index in [1.807, 2.05) is 43.8 Å². The van der Waals surface area contributed by atoms with Crippen LogP contribution in [-0.4, -0.2) is 52.7 Å². The van der Waals surface area contributed by atoms with E-state index < -0.39 is 14.9 Å². The summed E-state index contributed by atoms with van der Waals surface area (Å²) < 4.78 is 29.1. The lowest BCUT2D eigenvalue weighted by molar-refractivity contribution is -0.384. The third-order valence-electron chi connectivity index (χ3n) is 4.67. The van der Waals surface area contributed by atoms with Crippen LogP contribution in [0.3, 0.4) is 0 Å². The lowest BCUT2D eigenvalue weighted by Crippen LogP contribution is -2.44. The average molecular weight is 449 g/mol. The molecule has 0 unspecified atom stereocenters. The number of aryl methyl sites for hydroxylation is 1. The molecule has 9 nitrogen and oxygen atoms in total. The van der Waals surface area contributed by atoms with E-state index >= 15 is 0 Å². The van der Waals surface area contributed by atoms with E-state index in [2.05, 4.69) is 6.58 Å². The molecular weight excluding hydrogens is 420 g/mol. The second-order valence-corrected chi connectivity index (χ2v) is 9.55. The average Bonchev–Trinajstić information content (AvgIpc) is 3.11. The number of non-ortho nitro benzene ring substituents is 1. The molecule has 0 saturated heterocycles. The Labute approximate surface area is 182 Å². The highest BCUT2D eigenvalue weighted by atomic mass is 32.2. The first-order valence-electron chi connectivity index (χ1n) is 9.79. The first kappa shape index (κ1) is 24.3. The maximum atomic E-state index is 13.1. The third-order valence-corrected chi connectivity index (χ3v) is 6.50. The second kappa shape index (κ2) is 10.4. The summed E-state index contributed by atoms with van der Waals surface area (Å²) in [6, 6.07) is 8.39. The van der Waals surface area contributed by atoms with Gasteiger partial charge in [0.15, 0.2) is 0 Å². The van der Waals surface area contributed by atoms with Gasteiger partial charge in [-0.2, -0.15) is 4.31 Å². The Morgan fingerprint density at radius 1 is 1.26 bits per heavy atom. The monoisotopic (exact) mass is 448 g/mol. The zero-order valence-corrected chi connectivity index (χ0v) is 18.8. The lowest BCUT2D eigenvalue weighted by atomic mass is 10.2. The zero-order valence-electron chi connectivity index (χ0n) is 18.0. The Hall–Kier alpha value is -2.98. The lowest BCUT2D eigenvalue weighted by Gasteiger charge is -2.28. The van der Waals surface area contributed by atoms with Crippen LogP contribution in [0.4, 0.5) is 5.69 Å². The van der Waals surface area contributed by atoms with E-state index in [4.69, 9.17) is 0 Å². The molecule has 2 rings (SSSR count). The summed E-state index contributed by atoms with van der Waals surface area (Å²) in [4.78, 5) is 24.9. The highest BCUT2D eigenvalue weighted by molar-refractivity contribution is 7.89. The Morgan fingerprint density at radius 3 is 2.39 bits per heavy atom. The minimum atomic E-state index is -4.05. The maximum absolute atomic E-state index is 13.1. The van der Waals surface area contributed by atoms with E-state index in [0.717, 1.165) is 22.1 Å². The van der Waals surface area contributed by atoms with Gasteiger partial charge in [0.05, 0.1) is 22.9 Å². The fourth-order valence-electron chi connectivity index (χ4n) is 3.08. The van der Waals surface area contributed by atoms with Gasteiger partial charge in [-0.25, -0.2) is 8.42 Å². The molecular formula is C21H28N4O5S. The van der Waals surface area contributed by atoms with Crippen LogP contribution in [0.2, 0.25) is 0 Å². The fraction of sp³-hybridized carbons (Fsp3) is 0.381. The van der Waals surface area contributed by atoms with Gasteiger partial charge < -0.3 is 9.47 Å². The number of benzene rings is 1. The van der Waals surface area contributed by atoms with E-state index in [0.29, 0.717) is 13.1 Å². The summed E-state index contributed by atoms with van der Waals surface area (Å²) in [5.74, 6) is -0.134. The summed E-state index contributed by atoms with van der Waals surface area (Å²) in [6.45, 7) is 7.98. The molecule has 0 aliphatic rings. The number of carbonyl (C=O) groups is 1. The van der Waals surface area contributed by atoms with Crippen molar-refractivity contribution in [2.45, 2.75) is 25.3 Å². The number of amides is 1. The minimum absolute atomic E-state index is 0.0647. The van der Waals surface area contributed by atoms with Crippen molar-refractivity contribution >= 4 is 21.6 Å². The summed E-state index contributed by atoms with van der Waals surface area (Å²) in [5.41, 5.74) is 0.721. The molecule has 0 N–H and O–H groups in total. The first-order valence-corrected chi connectivity index (χ1v) is 11.2. The molecule has 1 aromatic carbocycles. The predicted molar refractivity (Wildman–Crippen MR) is 118 cm³/mol. The second-order valence-electron chi connectivity index (χ2n) is 7.62. The minimum Gasteiger partial charge on any atom is -0.353 e. The van der Waals surface area contributed by atoms with Crippen LogP contribution >= 0.6 is 0 Å². The number of rotatable bonds is 11. The fourth-order valence-corrected chi connectivity index (χ4v) is 4.44. The van der Waals surface area contributed by atoms with Crippen molar-refractivity contribution in [3.63, 3.8) is 0 Å². The molecule has 1 amide bonds. The van der Waals surface area contributed by atoms with Crippen LogP contribution in [0, 0.1) is 16.0 Å². The molecule has 10 heteroatoms. The molecule has 1 aromatic heterocycles. The van der Waals surface area contributed by atoms with Gasteiger partial charge >= 0.3 is 0 Å². The Bertz CT molecular complexity index is 1030. The molecule has 2 aromatic rings. The Balaban J connectivity index is 2.27. The normalized spacial score (nSPS) is 11.6. The van der Waals surface area contributed by atoms with Crippen LogP contribution in [0.15, 0.2) is 60.1 Å². The number of carbonyl (C=O) groups excluding carboxylic acids is 1. The van der Waals surface area contributed by atoms with Gasteiger partial charge in [-0.1, -0.05) is 19.9 Å². The van der Waals surface area contributed by atoms with Gasteiger partial charge in [0, 0.05) is 44.2 Å². The molecule has 0 spiro atoms. The molecule has 0 aliphatic heterocycles. The van der Waals surface area contributed by atoms with Crippen LogP contribution in [0.5, 0.6) is 0 Å². The number of nitro benzene ring substituents is 1. The Morgan fingerprint density at radius 2 is 1.90 bits per heavy atom. The van der Waals surface area contributed by atoms with Crippen molar-refractivity contribution in [1.29, 1.82) is 0 Å². The van der Waals surface area contributed by atoms with Gasteiger partial charge in [0.25, 0.3) is 5.69 Å². The van der Waals surface area contributed by atoms with Gasteiger partial charge in [-0.3, -0.25) is 14.9 Å². The summed E-state index contributed by atoms with van der Waals surface area (Å²) in [7, 11) is -2.16. The number of sulfonamides is 1. The van der Waals surface area contributed by atoms with Gasteiger partial charge in [-0.05, 0) is 30.2 Å². The number of hydrogen-bond acceptors (Lipinski definition) is 5.